The van der Waals surface area contributed by atoms with Crippen LogP contribution < -0.4 is 5.32 Å². The van der Waals surface area contributed by atoms with Crippen molar-refractivity contribution in [2.24, 2.45) is 0 Å². The van der Waals surface area contributed by atoms with Crippen molar-refractivity contribution in [2.75, 3.05) is 7.05 Å². The Kier molecular flexibility index (Phi) is 4.46. The van der Waals surface area contributed by atoms with E-state index < -0.39 is 5.91 Å². The third-order valence-corrected chi connectivity index (χ3v) is 3.37. The van der Waals surface area contributed by atoms with Gasteiger partial charge in [0.1, 0.15) is 23.2 Å². The van der Waals surface area contributed by atoms with Gasteiger partial charge >= 0.3 is 0 Å². The quantitative estimate of drug-likeness (QED) is 0.696. The number of benzene rings is 1. The van der Waals surface area contributed by atoms with Crippen molar-refractivity contribution in [2.45, 2.75) is 6.92 Å². The molecule has 4 nitrogen and oxygen atoms in total. The zero-order chi connectivity index (χ0) is 15.4. The molecule has 0 unspecified atom stereocenters. The fraction of sp³-hybridized carbons (Fsp3) is 0.125. The van der Waals surface area contributed by atoms with Gasteiger partial charge in [0, 0.05) is 23.7 Å². The molecule has 2 rings (SSSR count). The molecule has 1 aromatic carbocycles. The summed E-state index contributed by atoms with van der Waals surface area (Å²) in [6.07, 6.45) is 1.40. The summed E-state index contributed by atoms with van der Waals surface area (Å²) in [6.45, 7) is 1.92. The van der Waals surface area contributed by atoms with Crippen LogP contribution in [-0.2, 0) is 4.79 Å². The Morgan fingerprint density at radius 1 is 1.38 bits per heavy atom. The summed E-state index contributed by atoms with van der Waals surface area (Å²) in [5.74, 6) is 0.605. The second-order valence-electron chi connectivity index (χ2n) is 4.41. The predicted molar refractivity (Wildman–Crippen MR) is 81.5 cm³/mol. The standard InChI is InChI=1S/C16H13ClN2O2/c1-10-3-4-11(8-14(10)17)15-6-5-13(21-15)7-12(9-18)16(20)19-2/h3-8H,1-2H3,(H,19,20)/b12-7+. The van der Waals surface area contributed by atoms with Crippen LogP contribution in [0.2, 0.25) is 5.02 Å². The number of nitriles is 1. The first-order valence-electron chi connectivity index (χ1n) is 6.25. The van der Waals surface area contributed by atoms with Crippen LogP contribution in [0.1, 0.15) is 11.3 Å². The fourth-order valence-electron chi connectivity index (χ4n) is 1.76. The van der Waals surface area contributed by atoms with E-state index in [-0.39, 0.29) is 5.57 Å². The van der Waals surface area contributed by atoms with Crippen LogP contribution in [0.15, 0.2) is 40.3 Å². The van der Waals surface area contributed by atoms with Gasteiger partial charge in [-0.2, -0.15) is 5.26 Å². The third-order valence-electron chi connectivity index (χ3n) is 2.96. The topological polar surface area (TPSA) is 66.0 Å². The van der Waals surface area contributed by atoms with Crippen LogP contribution in [0.3, 0.4) is 0 Å². The maximum Gasteiger partial charge on any atom is 0.261 e. The number of furan rings is 1. The molecule has 106 valence electrons. The molecule has 0 aliphatic rings. The number of aryl methyl sites for hydroxylation is 1. The van der Waals surface area contributed by atoms with Crippen molar-refractivity contribution < 1.29 is 9.21 Å². The van der Waals surface area contributed by atoms with Gasteiger partial charge in [0.25, 0.3) is 5.91 Å². The molecule has 0 saturated carbocycles. The van der Waals surface area contributed by atoms with Crippen LogP contribution >= 0.6 is 11.6 Å². The maximum absolute atomic E-state index is 11.4. The maximum atomic E-state index is 11.4. The molecule has 0 atom stereocenters. The molecule has 0 radical (unpaired) electrons. The highest BCUT2D eigenvalue weighted by atomic mass is 35.5. The first-order chi connectivity index (χ1) is 10.0. The first kappa shape index (κ1) is 14.9. The average molecular weight is 301 g/mol. The highest BCUT2D eigenvalue weighted by molar-refractivity contribution is 6.31. The van der Waals surface area contributed by atoms with Crippen molar-refractivity contribution in [1.29, 1.82) is 5.26 Å². The number of likely N-dealkylation sites (N-methyl/N-ethyl adjacent to an activating group) is 1. The van der Waals surface area contributed by atoms with E-state index in [9.17, 15) is 4.79 Å². The van der Waals surface area contributed by atoms with Crippen molar-refractivity contribution in [3.05, 3.63) is 52.3 Å². The van der Waals surface area contributed by atoms with Crippen molar-refractivity contribution in [1.82, 2.24) is 5.32 Å². The molecule has 1 aromatic heterocycles. The summed E-state index contributed by atoms with van der Waals surface area (Å²) in [6, 6.07) is 10.9. The number of nitrogens with one attached hydrogen (secondary N) is 1. The van der Waals surface area contributed by atoms with Gasteiger partial charge in [-0.1, -0.05) is 23.7 Å². The van der Waals surface area contributed by atoms with Gasteiger partial charge in [-0.05, 0) is 30.7 Å². The van der Waals surface area contributed by atoms with Gasteiger partial charge in [-0.15, -0.1) is 0 Å². The van der Waals surface area contributed by atoms with Crippen LogP contribution in [0.4, 0.5) is 0 Å². The molecule has 0 fully saturated rings. The number of amides is 1. The molecular formula is C16H13ClN2O2. The van der Waals surface area contributed by atoms with E-state index in [4.69, 9.17) is 21.3 Å². The summed E-state index contributed by atoms with van der Waals surface area (Å²) >= 11 is 6.09. The van der Waals surface area contributed by atoms with Crippen LogP contribution in [-0.4, -0.2) is 13.0 Å². The van der Waals surface area contributed by atoms with Crippen LogP contribution in [0, 0.1) is 18.3 Å². The average Bonchev–Trinajstić information content (AvgIpc) is 2.95. The molecule has 2 aromatic rings. The van der Waals surface area contributed by atoms with E-state index in [2.05, 4.69) is 5.32 Å². The minimum absolute atomic E-state index is 0.0136. The number of hydrogen-bond acceptors (Lipinski definition) is 3. The highest BCUT2D eigenvalue weighted by Crippen LogP contribution is 2.27. The lowest BCUT2D eigenvalue weighted by atomic mass is 10.1. The van der Waals surface area contributed by atoms with E-state index in [1.165, 1.54) is 13.1 Å². The molecular weight excluding hydrogens is 288 g/mol. The second kappa shape index (κ2) is 6.29. The van der Waals surface area contributed by atoms with Gasteiger partial charge in [-0.25, -0.2) is 0 Å². The molecule has 1 heterocycles. The Morgan fingerprint density at radius 3 is 2.76 bits per heavy atom. The summed E-state index contributed by atoms with van der Waals surface area (Å²) in [5, 5.41) is 12.0. The highest BCUT2D eigenvalue weighted by Gasteiger charge is 2.09. The number of carbonyl (C=O) groups excluding carboxylic acids is 1. The Hall–Kier alpha value is -2.51. The van der Waals surface area contributed by atoms with E-state index in [0.717, 1.165) is 11.1 Å². The Balaban J connectivity index is 2.34. The number of hydrogen-bond donors (Lipinski definition) is 1. The molecule has 1 N–H and O–H groups in total. The van der Waals surface area contributed by atoms with E-state index in [0.29, 0.717) is 16.5 Å². The molecule has 0 aliphatic carbocycles. The second-order valence-corrected chi connectivity index (χ2v) is 4.82. The minimum Gasteiger partial charge on any atom is -0.457 e. The van der Waals surface area contributed by atoms with E-state index >= 15 is 0 Å². The van der Waals surface area contributed by atoms with Crippen molar-refractivity contribution in [3.8, 4) is 17.4 Å². The van der Waals surface area contributed by atoms with Gasteiger partial charge in [-0.3, -0.25) is 4.79 Å². The molecule has 0 aliphatic heterocycles. The monoisotopic (exact) mass is 300 g/mol. The lowest BCUT2D eigenvalue weighted by molar-refractivity contribution is -0.116. The van der Waals surface area contributed by atoms with Crippen molar-refractivity contribution >= 4 is 23.6 Å². The Labute approximate surface area is 127 Å². The van der Waals surface area contributed by atoms with Crippen molar-refractivity contribution in [3.63, 3.8) is 0 Å². The third kappa shape index (κ3) is 3.33. The first-order valence-corrected chi connectivity index (χ1v) is 6.63. The predicted octanol–water partition coefficient (Wildman–Crippen LogP) is 3.56. The molecule has 21 heavy (non-hydrogen) atoms. The lowest BCUT2D eigenvalue weighted by Crippen LogP contribution is -2.18. The van der Waals surface area contributed by atoms with Gasteiger partial charge in [0.05, 0.1) is 0 Å². The summed E-state index contributed by atoms with van der Waals surface area (Å²) in [5.41, 5.74) is 1.81. The van der Waals surface area contributed by atoms with Gasteiger partial charge in [0.2, 0.25) is 0 Å². The van der Waals surface area contributed by atoms with E-state index in [1.807, 2.05) is 31.2 Å². The van der Waals surface area contributed by atoms with Gasteiger partial charge in [0.15, 0.2) is 0 Å². The van der Waals surface area contributed by atoms with Crippen LogP contribution in [0.25, 0.3) is 17.4 Å². The van der Waals surface area contributed by atoms with Crippen LogP contribution in [0.5, 0.6) is 0 Å². The lowest BCUT2D eigenvalue weighted by Gasteiger charge is -2.01. The Bertz CT molecular complexity index is 754. The number of rotatable bonds is 3. The fourth-order valence-corrected chi connectivity index (χ4v) is 1.94. The molecule has 5 heteroatoms. The molecule has 0 saturated heterocycles. The summed E-state index contributed by atoms with van der Waals surface area (Å²) in [7, 11) is 1.47. The van der Waals surface area contributed by atoms with E-state index in [1.54, 1.807) is 12.1 Å². The molecule has 0 spiro atoms. The number of carbonyl (C=O) groups is 1. The number of halogens is 1. The SMILES string of the molecule is CNC(=O)/C(C#N)=C/c1ccc(-c2ccc(C)c(Cl)c2)o1. The normalized spacial score (nSPS) is 11.0. The molecule has 1 amide bonds. The summed E-state index contributed by atoms with van der Waals surface area (Å²) in [4.78, 5) is 11.4. The number of nitrogens with zero attached hydrogens (tertiary/aromatic N) is 1. The smallest absolute Gasteiger partial charge is 0.261 e. The largest absolute Gasteiger partial charge is 0.457 e. The zero-order valence-corrected chi connectivity index (χ0v) is 12.4. The zero-order valence-electron chi connectivity index (χ0n) is 11.6. The summed E-state index contributed by atoms with van der Waals surface area (Å²) < 4.78 is 5.63. The minimum atomic E-state index is -0.450. The molecule has 0 bridgehead atoms. The Morgan fingerprint density at radius 2 is 2.14 bits per heavy atom. The van der Waals surface area contributed by atoms with Gasteiger partial charge < -0.3 is 9.73 Å².